The van der Waals surface area contributed by atoms with E-state index in [1.54, 1.807) is 14.2 Å². The van der Waals surface area contributed by atoms with Crippen molar-refractivity contribution >= 4 is 22.5 Å². The third-order valence-electron chi connectivity index (χ3n) is 3.55. The van der Waals surface area contributed by atoms with E-state index in [1.807, 2.05) is 36.4 Å². The van der Waals surface area contributed by atoms with Crippen LogP contribution in [0.15, 0.2) is 48.7 Å². The zero-order chi connectivity index (χ0) is 14.8. The number of aromatic nitrogens is 1. The number of nitrogens with zero attached hydrogens (tertiary/aromatic N) is 1. The lowest BCUT2D eigenvalue weighted by Crippen LogP contribution is -1.98. The van der Waals surface area contributed by atoms with Gasteiger partial charge in [-0.25, -0.2) is 0 Å². The van der Waals surface area contributed by atoms with Crippen LogP contribution in [0.4, 0.5) is 0 Å². The van der Waals surface area contributed by atoms with Gasteiger partial charge in [0.1, 0.15) is 11.5 Å². The van der Waals surface area contributed by atoms with E-state index in [9.17, 15) is 0 Å². The average Bonchev–Trinajstić information content (AvgIpc) is 2.91. The molecule has 1 aromatic heterocycles. The Kier molecular flexibility index (Phi) is 3.76. The number of methoxy groups -OCH3 is 2. The maximum atomic E-state index is 5.93. The van der Waals surface area contributed by atoms with Crippen LogP contribution in [0.3, 0.4) is 0 Å². The minimum absolute atomic E-state index is 0.749. The molecule has 3 nitrogen and oxygen atoms in total. The SMILES string of the molecule is COc1cc(OC)c2ccn(Cc3ccc(Cl)cc3)c2c1. The molecule has 1 heterocycles. The Hall–Kier alpha value is -2.13. The second kappa shape index (κ2) is 5.70. The van der Waals surface area contributed by atoms with Gasteiger partial charge in [-0.1, -0.05) is 23.7 Å². The lowest BCUT2D eigenvalue weighted by Gasteiger charge is -2.09. The number of ether oxygens (including phenoxy) is 2. The summed E-state index contributed by atoms with van der Waals surface area (Å²) in [4.78, 5) is 0. The van der Waals surface area contributed by atoms with Crippen molar-refractivity contribution < 1.29 is 9.47 Å². The molecule has 4 heteroatoms. The minimum Gasteiger partial charge on any atom is -0.497 e. The first-order valence-corrected chi connectivity index (χ1v) is 7.04. The Bertz CT molecular complexity index is 762. The molecule has 3 rings (SSSR count). The maximum Gasteiger partial charge on any atom is 0.131 e. The molecule has 0 aliphatic heterocycles. The van der Waals surface area contributed by atoms with Crippen molar-refractivity contribution in [3.63, 3.8) is 0 Å². The van der Waals surface area contributed by atoms with Crippen molar-refractivity contribution in [2.75, 3.05) is 14.2 Å². The highest BCUT2D eigenvalue weighted by Crippen LogP contribution is 2.32. The van der Waals surface area contributed by atoms with Gasteiger partial charge >= 0.3 is 0 Å². The topological polar surface area (TPSA) is 23.4 Å². The van der Waals surface area contributed by atoms with Crippen LogP contribution in [-0.4, -0.2) is 18.8 Å². The summed E-state index contributed by atoms with van der Waals surface area (Å²) in [5, 5.41) is 1.83. The fourth-order valence-corrected chi connectivity index (χ4v) is 2.57. The molecule has 0 spiro atoms. The van der Waals surface area contributed by atoms with Crippen molar-refractivity contribution in [2.24, 2.45) is 0 Å². The summed E-state index contributed by atoms with van der Waals surface area (Å²) in [7, 11) is 3.33. The van der Waals surface area contributed by atoms with Crippen molar-refractivity contribution in [3.05, 3.63) is 59.2 Å². The quantitative estimate of drug-likeness (QED) is 0.715. The Balaban J connectivity index is 2.04. The molecule has 0 atom stereocenters. The molecule has 0 amide bonds. The molecule has 0 fully saturated rings. The number of benzene rings is 2. The molecule has 0 unspecified atom stereocenters. The summed E-state index contributed by atoms with van der Waals surface area (Å²) >= 11 is 5.93. The molecular weight excluding hydrogens is 286 g/mol. The lowest BCUT2D eigenvalue weighted by molar-refractivity contribution is 0.398. The van der Waals surface area contributed by atoms with E-state index in [2.05, 4.69) is 16.8 Å². The third-order valence-corrected chi connectivity index (χ3v) is 3.80. The van der Waals surface area contributed by atoms with Crippen LogP contribution in [0, 0.1) is 0 Å². The van der Waals surface area contributed by atoms with E-state index in [4.69, 9.17) is 21.1 Å². The molecule has 0 N–H and O–H groups in total. The summed E-state index contributed by atoms with van der Waals surface area (Å²) in [5.41, 5.74) is 2.28. The Labute approximate surface area is 128 Å². The average molecular weight is 302 g/mol. The van der Waals surface area contributed by atoms with Gasteiger partial charge in [0.25, 0.3) is 0 Å². The molecule has 0 aliphatic carbocycles. The maximum absolute atomic E-state index is 5.93. The van der Waals surface area contributed by atoms with E-state index < -0.39 is 0 Å². The van der Waals surface area contributed by atoms with Crippen LogP contribution >= 0.6 is 11.6 Å². The van der Waals surface area contributed by atoms with E-state index in [0.717, 1.165) is 34.0 Å². The summed E-state index contributed by atoms with van der Waals surface area (Å²) < 4.78 is 13.0. The van der Waals surface area contributed by atoms with Gasteiger partial charge in [-0.2, -0.15) is 0 Å². The van der Waals surface area contributed by atoms with Crippen molar-refractivity contribution in [1.82, 2.24) is 4.57 Å². The molecule has 0 saturated carbocycles. The zero-order valence-corrected chi connectivity index (χ0v) is 12.7. The first kappa shape index (κ1) is 13.8. The highest BCUT2D eigenvalue weighted by molar-refractivity contribution is 6.30. The number of fused-ring (bicyclic) bond motifs is 1. The number of hydrogen-bond donors (Lipinski definition) is 0. The highest BCUT2D eigenvalue weighted by atomic mass is 35.5. The van der Waals surface area contributed by atoms with E-state index in [0.29, 0.717) is 0 Å². The third kappa shape index (κ3) is 2.69. The first-order chi connectivity index (χ1) is 10.2. The Morgan fingerprint density at radius 1 is 1.00 bits per heavy atom. The van der Waals surface area contributed by atoms with E-state index >= 15 is 0 Å². The van der Waals surface area contributed by atoms with Crippen LogP contribution in [0.1, 0.15) is 5.56 Å². The second-order valence-corrected chi connectivity index (χ2v) is 5.27. The summed E-state index contributed by atoms with van der Waals surface area (Å²) in [6.45, 7) is 0.775. The van der Waals surface area contributed by atoms with Gasteiger partial charge in [-0.3, -0.25) is 0 Å². The van der Waals surface area contributed by atoms with Crippen LogP contribution in [0.25, 0.3) is 10.9 Å². The van der Waals surface area contributed by atoms with Gasteiger partial charge in [0, 0.05) is 35.3 Å². The fraction of sp³-hybridized carbons (Fsp3) is 0.176. The van der Waals surface area contributed by atoms with Gasteiger partial charge in [0.05, 0.1) is 19.7 Å². The molecule has 0 saturated heterocycles. The van der Waals surface area contributed by atoms with Gasteiger partial charge in [0.2, 0.25) is 0 Å². The summed E-state index contributed by atoms with van der Waals surface area (Å²) in [6, 6.07) is 13.9. The molecule has 21 heavy (non-hydrogen) atoms. The molecule has 2 aromatic carbocycles. The zero-order valence-electron chi connectivity index (χ0n) is 12.0. The van der Waals surface area contributed by atoms with Crippen LogP contribution < -0.4 is 9.47 Å². The lowest BCUT2D eigenvalue weighted by atomic mass is 10.2. The summed E-state index contributed by atoms with van der Waals surface area (Å²) in [6.07, 6.45) is 2.06. The highest BCUT2D eigenvalue weighted by Gasteiger charge is 2.09. The monoisotopic (exact) mass is 301 g/mol. The van der Waals surface area contributed by atoms with Crippen LogP contribution in [0.2, 0.25) is 5.02 Å². The minimum atomic E-state index is 0.749. The molecule has 0 bridgehead atoms. The van der Waals surface area contributed by atoms with Crippen molar-refractivity contribution in [1.29, 1.82) is 0 Å². The van der Waals surface area contributed by atoms with Crippen molar-refractivity contribution in [3.8, 4) is 11.5 Å². The molecular formula is C17H16ClNO2. The predicted molar refractivity (Wildman–Crippen MR) is 85.6 cm³/mol. The van der Waals surface area contributed by atoms with E-state index in [1.165, 1.54) is 5.56 Å². The number of rotatable bonds is 4. The first-order valence-electron chi connectivity index (χ1n) is 6.66. The fourth-order valence-electron chi connectivity index (χ4n) is 2.45. The molecule has 0 radical (unpaired) electrons. The normalized spacial score (nSPS) is 10.8. The van der Waals surface area contributed by atoms with Crippen LogP contribution in [-0.2, 0) is 6.54 Å². The smallest absolute Gasteiger partial charge is 0.131 e. The van der Waals surface area contributed by atoms with Gasteiger partial charge < -0.3 is 14.0 Å². The Morgan fingerprint density at radius 2 is 1.76 bits per heavy atom. The number of hydrogen-bond acceptors (Lipinski definition) is 2. The van der Waals surface area contributed by atoms with Gasteiger partial charge in [-0.05, 0) is 23.8 Å². The largest absolute Gasteiger partial charge is 0.497 e. The number of halogens is 1. The molecule has 108 valence electrons. The van der Waals surface area contributed by atoms with Crippen molar-refractivity contribution in [2.45, 2.75) is 6.54 Å². The second-order valence-electron chi connectivity index (χ2n) is 4.83. The van der Waals surface area contributed by atoms with E-state index in [-0.39, 0.29) is 0 Å². The molecule has 3 aromatic rings. The van der Waals surface area contributed by atoms with Crippen LogP contribution in [0.5, 0.6) is 11.5 Å². The Morgan fingerprint density at radius 3 is 2.43 bits per heavy atom. The van der Waals surface area contributed by atoms with Gasteiger partial charge in [0.15, 0.2) is 0 Å². The van der Waals surface area contributed by atoms with Gasteiger partial charge in [-0.15, -0.1) is 0 Å². The standard InChI is InChI=1S/C17H16ClNO2/c1-20-14-9-16-15(17(10-14)21-2)7-8-19(16)11-12-3-5-13(18)6-4-12/h3-10H,11H2,1-2H3. The summed E-state index contributed by atoms with van der Waals surface area (Å²) in [5.74, 6) is 1.61. The molecule has 0 aliphatic rings. The predicted octanol–water partition coefficient (Wildman–Crippen LogP) is 4.36.